The van der Waals surface area contributed by atoms with E-state index in [0.29, 0.717) is 17.3 Å². The first kappa shape index (κ1) is 8.25. The molecule has 2 saturated carbocycles. The van der Waals surface area contributed by atoms with Crippen LogP contribution in [0.3, 0.4) is 0 Å². The molecule has 2 heteroatoms. The Balaban J connectivity index is 1.88. The lowest BCUT2D eigenvalue weighted by Crippen LogP contribution is -2.47. The molecule has 1 saturated heterocycles. The molecule has 3 aliphatic rings. The molecule has 13 heavy (non-hydrogen) atoms. The monoisotopic (exact) mass is 181 g/mol. The maximum atomic E-state index is 10.1. The fraction of sp³-hybridized carbons (Fsp3) is 1.00. The molecule has 1 N–H and O–H groups in total. The van der Waals surface area contributed by atoms with Gasteiger partial charge in [-0.2, -0.15) is 0 Å². The number of rotatable bonds is 0. The van der Waals surface area contributed by atoms with Gasteiger partial charge in [-0.05, 0) is 37.6 Å². The van der Waals surface area contributed by atoms with E-state index in [0.717, 1.165) is 13.1 Å². The topological polar surface area (TPSA) is 23.5 Å². The highest BCUT2D eigenvalue weighted by atomic mass is 16.3. The van der Waals surface area contributed by atoms with Crippen LogP contribution in [0, 0.1) is 17.3 Å². The first-order valence-corrected chi connectivity index (χ1v) is 5.58. The second-order valence-electron chi connectivity index (χ2n) is 5.50. The van der Waals surface area contributed by atoms with E-state index in [9.17, 15) is 5.11 Å². The number of aliphatic hydroxyl groups excluding tert-OH is 1. The third-order valence-corrected chi connectivity index (χ3v) is 4.75. The van der Waals surface area contributed by atoms with Crippen molar-refractivity contribution in [3.05, 3.63) is 0 Å². The summed E-state index contributed by atoms with van der Waals surface area (Å²) in [5.74, 6) is 1.19. The van der Waals surface area contributed by atoms with Gasteiger partial charge < -0.3 is 10.0 Å². The van der Waals surface area contributed by atoms with Gasteiger partial charge in [0.05, 0.1) is 6.10 Å². The van der Waals surface area contributed by atoms with Crippen LogP contribution in [0.1, 0.15) is 25.7 Å². The van der Waals surface area contributed by atoms with Gasteiger partial charge in [0.1, 0.15) is 0 Å². The minimum absolute atomic E-state index is 0.0245. The van der Waals surface area contributed by atoms with Crippen LogP contribution in [0.15, 0.2) is 0 Å². The van der Waals surface area contributed by atoms with Gasteiger partial charge in [-0.3, -0.25) is 0 Å². The highest BCUT2D eigenvalue weighted by Gasteiger charge is 2.57. The number of likely N-dealkylation sites (tertiary alicyclic amines) is 1. The number of hydrogen-bond acceptors (Lipinski definition) is 2. The summed E-state index contributed by atoms with van der Waals surface area (Å²) in [5.41, 5.74) is 0.578. The first-order chi connectivity index (χ1) is 6.21. The average molecular weight is 181 g/mol. The van der Waals surface area contributed by atoms with Crippen LogP contribution in [-0.4, -0.2) is 36.2 Å². The summed E-state index contributed by atoms with van der Waals surface area (Å²) in [4.78, 5) is 2.41. The molecule has 0 aromatic carbocycles. The third-order valence-electron chi connectivity index (χ3n) is 4.75. The van der Waals surface area contributed by atoms with Crippen molar-refractivity contribution in [2.24, 2.45) is 17.3 Å². The molecule has 2 nitrogen and oxygen atoms in total. The molecule has 0 amide bonds. The van der Waals surface area contributed by atoms with Gasteiger partial charge in [0.25, 0.3) is 0 Å². The smallest absolute Gasteiger partial charge is 0.0626 e. The molecule has 3 rings (SSSR count). The van der Waals surface area contributed by atoms with E-state index in [4.69, 9.17) is 0 Å². The predicted octanol–water partition coefficient (Wildman–Crippen LogP) is 1.10. The lowest BCUT2D eigenvalue weighted by molar-refractivity contribution is -0.0205. The SMILES string of the molecule is CN1CC2CC3(CCC3)C(C1)C2O. The van der Waals surface area contributed by atoms with Gasteiger partial charge in [0.2, 0.25) is 0 Å². The summed E-state index contributed by atoms with van der Waals surface area (Å²) in [7, 11) is 2.20. The molecule has 0 aromatic heterocycles. The van der Waals surface area contributed by atoms with Crippen LogP contribution in [-0.2, 0) is 0 Å². The van der Waals surface area contributed by atoms with Crippen molar-refractivity contribution in [2.75, 3.05) is 20.1 Å². The summed E-state index contributed by atoms with van der Waals surface area (Å²) in [5, 5.41) is 10.1. The van der Waals surface area contributed by atoms with Crippen molar-refractivity contribution in [2.45, 2.75) is 31.8 Å². The highest BCUT2D eigenvalue weighted by molar-refractivity contribution is 5.08. The minimum Gasteiger partial charge on any atom is -0.392 e. The Kier molecular flexibility index (Phi) is 1.58. The molecule has 0 radical (unpaired) electrons. The van der Waals surface area contributed by atoms with Crippen molar-refractivity contribution in [1.29, 1.82) is 0 Å². The van der Waals surface area contributed by atoms with Crippen molar-refractivity contribution >= 4 is 0 Å². The molecule has 2 bridgehead atoms. The van der Waals surface area contributed by atoms with Crippen LogP contribution in [0.4, 0.5) is 0 Å². The van der Waals surface area contributed by atoms with E-state index in [1.807, 2.05) is 0 Å². The van der Waals surface area contributed by atoms with Gasteiger partial charge in [0, 0.05) is 19.0 Å². The number of piperidine rings is 1. The second-order valence-corrected chi connectivity index (χ2v) is 5.50. The molecular formula is C11H19NO. The zero-order chi connectivity index (χ0) is 9.05. The van der Waals surface area contributed by atoms with Crippen LogP contribution >= 0.6 is 0 Å². The van der Waals surface area contributed by atoms with Gasteiger partial charge in [-0.25, -0.2) is 0 Å². The quantitative estimate of drug-likeness (QED) is 0.605. The van der Waals surface area contributed by atoms with Crippen molar-refractivity contribution < 1.29 is 5.11 Å². The minimum atomic E-state index is 0.0245. The van der Waals surface area contributed by atoms with E-state index < -0.39 is 0 Å². The summed E-state index contributed by atoms with van der Waals surface area (Å²) in [6.45, 7) is 2.26. The van der Waals surface area contributed by atoms with Gasteiger partial charge >= 0.3 is 0 Å². The molecular weight excluding hydrogens is 162 g/mol. The third kappa shape index (κ3) is 0.962. The molecule has 0 aromatic rings. The molecule has 1 heterocycles. The summed E-state index contributed by atoms with van der Waals surface area (Å²) in [6, 6.07) is 0. The van der Waals surface area contributed by atoms with Gasteiger partial charge in [-0.1, -0.05) is 6.42 Å². The molecule has 2 aliphatic carbocycles. The molecule has 1 aliphatic heterocycles. The van der Waals surface area contributed by atoms with Crippen LogP contribution < -0.4 is 0 Å². The fourth-order valence-corrected chi connectivity index (χ4v) is 3.98. The molecule has 3 unspecified atom stereocenters. The van der Waals surface area contributed by atoms with Crippen molar-refractivity contribution in [1.82, 2.24) is 4.90 Å². The van der Waals surface area contributed by atoms with E-state index in [-0.39, 0.29) is 6.10 Å². The zero-order valence-corrected chi connectivity index (χ0v) is 8.37. The van der Waals surface area contributed by atoms with Crippen molar-refractivity contribution in [3.8, 4) is 0 Å². The zero-order valence-electron chi connectivity index (χ0n) is 8.37. The summed E-state index contributed by atoms with van der Waals surface area (Å²) >= 11 is 0. The first-order valence-electron chi connectivity index (χ1n) is 5.58. The Labute approximate surface area is 79.9 Å². The average Bonchev–Trinajstić information content (AvgIpc) is 2.25. The Morgan fingerprint density at radius 3 is 2.69 bits per heavy atom. The fourth-order valence-electron chi connectivity index (χ4n) is 3.98. The van der Waals surface area contributed by atoms with E-state index in [1.54, 1.807) is 0 Å². The van der Waals surface area contributed by atoms with E-state index in [2.05, 4.69) is 11.9 Å². The molecule has 74 valence electrons. The summed E-state index contributed by atoms with van der Waals surface area (Å²) in [6.07, 6.45) is 5.51. The van der Waals surface area contributed by atoms with Crippen molar-refractivity contribution in [3.63, 3.8) is 0 Å². The number of nitrogens with zero attached hydrogens (tertiary/aromatic N) is 1. The van der Waals surface area contributed by atoms with Crippen LogP contribution in [0.2, 0.25) is 0 Å². The van der Waals surface area contributed by atoms with E-state index in [1.165, 1.54) is 25.7 Å². The molecule has 3 atom stereocenters. The van der Waals surface area contributed by atoms with E-state index >= 15 is 0 Å². The summed E-state index contributed by atoms with van der Waals surface area (Å²) < 4.78 is 0. The lowest BCUT2D eigenvalue weighted by Gasteiger charge is -2.45. The molecule has 3 fully saturated rings. The Morgan fingerprint density at radius 1 is 1.31 bits per heavy atom. The normalized spacial score (nSPS) is 48.0. The molecule has 1 spiro atoms. The second kappa shape index (κ2) is 2.48. The number of aliphatic hydroxyl groups is 1. The Bertz CT molecular complexity index is 224. The standard InChI is InChI=1S/C11H19NO/c1-12-6-8-5-11(3-2-4-11)9(7-12)10(8)13/h8-10,13H,2-7H2,1H3. The Morgan fingerprint density at radius 2 is 2.08 bits per heavy atom. The van der Waals surface area contributed by atoms with Gasteiger partial charge in [0.15, 0.2) is 0 Å². The van der Waals surface area contributed by atoms with Gasteiger partial charge in [-0.15, -0.1) is 0 Å². The number of hydrogen-bond donors (Lipinski definition) is 1. The highest BCUT2D eigenvalue weighted by Crippen LogP contribution is 2.60. The van der Waals surface area contributed by atoms with Crippen LogP contribution in [0.25, 0.3) is 0 Å². The lowest BCUT2D eigenvalue weighted by atomic mass is 9.62. The largest absolute Gasteiger partial charge is 0.392 e. The Hall–Kier alpha value is -0.0800. The predicted molar refractivity (Wildman–Crippen MR) is 51.4 cm³/mol. The maximum absolute atomic E-state index is 10.1. The number of fused-ring (bicyclic) bond motifs is 3. The van der Waals surface area contributed by atoms with Crippen LogP contribution in [0.5, 0.6) is 0 Å². The maximum Gasteiger partial charge on any atom is 0.0626 e.